The van der Waals surface area contributed by atoms with E-state index in [2.05, 4.69) is 53.5 Å². The Labute approximate surface area is 287 Å². The van der Waals surface area contributed by atoms with Crippen molar-refractivity contribution in [1.29, 1.82) is 0 Å². The average molecular weight is 650 g/mol. The Morgan fingerprint density at radius 3 is 1.48 bits per heavy atom. The second-order valence-electron chi connectivity index (χ2n) is 17.0. The molecule has 1 saturated heterocycles. The smallest absolute Gasteiger partial charge is 0.306 e. The van der Waals surface area contributed by atoms with Gasteiger partial charge in [-0.2, -0.15) is 5.06 Å². The van der Waals surface area contributed by atoms with Crippen molar-refractivity contribution < 1.29 is 19.1 Å². The molecule has 5 heteroatoms. The fraction of sp³-hybridized carbons (Fsp3) is 0.976. The Kier molecular flexibility index (Phi) is 20.7. The summed E-state index contributed by atoms with van der Waals surface area (Å²) in [7, 11) is 0. The summed E-state index contributed by atoms with van der Waals surface area (Å²) >= 11 is 0. The van der Waals surface area contributed by atoms with Crippen LogP contribution >= 0.6 is 0 Å². The zero-order valence-electron chi connectivity index (χ0n) is 32.0. The maximum Gasteiger partial charge on any atom is 0.306 e. The summed E-state index contributed by atoms with van der Waals surface area (Å²) in [5.41, 5.74) is -0.800. The zero-order chi connectivity index (χ0) is 33.7. The predicted octanol–water partition coefficient (Wildman–Crippen LogP) is 12.4. The third kappa shape index (κ3) is 18.2. The van der Waals surface area contributed by atoms with Gasteiger partial charge in [0.15, 0.2) is 0 Å². The number of carbonyl (C=O) groups excluding carboxylic acids is 1. The Hall–Kier alpha value is -0.650. The molecule has 0 spiro atoms. The van der Waals surface area contributed by atoms with Crippen LogP contribution in [0, 0.1) is 0 Å². The first-order chi connectivity index (χ1) is 22.0. The predicted molar refractivity (Wildman–Crippen MR) is 195 cm³/mol. The highest BCUT2D eigenvalue weighted by atomic mass is 16.7. The number of nitrogens with zero attached hydrogens (tertiary/aromatic N) is 1. The van der Waals surface area contributed by atoms with Crippen LogP contribution in [0.3, 0.4) is 0 Å². The lowest BCUT2D eigenvalue weighted by atomic mass is 9.80. The van der Waals surface area contributed by atoms with Gasteiger partial charge in [0.05, 0.1) is 18.3 Å². The first kappa shape index (κ1) is 41.5. The van der Waals surface area contributed by atoms with Gasteiger partial charge in [0.2, 0.25) is 0 Å². The van der Waals surface area contributed by atoms with Crippen molar-refractivity contribution in [2.45, 2.75) is 251 Å². The Balaban J connectivity index is 1.48. The molecule has 0 aromatic heterocycles. The van der Waals surface area contributed by atoms with Gasteiger partial charge in [-0.3, -0.25) is 9.63 Å². The lowest BCUT2D eigenvalue weighted by molar-refractivity contribution is -0.312. The number of esters is 1. The Morgan fingerprint density at radius 2 is 1.04 bits per heavy atom. The van der Waals surface area contributed by atoms with Crippen molar-refractivity contribution in [2.24, 2.45) is 0 Å². The lowest BCUT2D eigenvalue weighted by Crippen LogP contribution is -2.62. The van der Waals surface area contributed by atoms with Gasteiger partial charge < -0.3 is 9.47 Å². The third-order valence-electron chi connectivity index (χ3n) is 10.4. The summed E-state index contributed by atoms with van der Waals surface area (Å²) in [5.74, 6) is -0.0278. The minimum absolute atomic E-state index is 0.0278. The van der Waals surface area contributed by atoms with E-state index >= 15 is 0 Å². The van der Waals surface area contributed by atoms with Crippen molar-refractivity contribution in [2.75, 3.05) is 6.61 Å². The van der Waals surface area contributed by atoms with E-state index in [0.29, 0.717) is 19.1 Å². The van der Waals surface area contributed by atoms with Crippen LogP contribution in [0.25, 0.3) is 0 Å². The van der Waals surface area contributed by atoms with Gasteiger partial charge >= 0.3 is 5.97 Å². The molecule has 5 nitrogen and oxygen atoms in total. The molecule has 2 aliphatic rings. The molecule has 0 radical (unpaired) electrons. The number of piperidine rings is 1. The molecule has 0 aromatic carbocycles. The first-order valence-corrected chi connectivity index (χ1v) is 20.3. The first-order valence-electron chi connectivity index (χ1n) is 20.3. The summed E-state index contributed by atoms with van der Waals surface area (Å²) in [6.45, 7) is 16.0. The van der Waals surface area contributed by atoms with Crippen LogP contribution in [0.15, 0.2) is 0 Å². The van der Waals surface area contributed by atoms with Crippen LogP contribution in [-0.2, 0) is 19.1 Å². The van der Waals surface area contributed by atoms with Gasteiger partial charge in [-0.25, -0.2) is 0 Å². The fourth-order valence-electron chi connectivity index (χ4n) is 8.09. The monoisotopic (exact) mass is 650 g/mol. The zero-order valence-corrected chi connectivity index (χ0v) is 32.0. The number of rotatable bonds is 26. The SMILES string of the molecule is CCCCCCCCCCCCCCCCCCCCCC(=O)OC1CC(C)(C)N(OCC(C)(C)OC2CCCCC2)C(C)(C)C1. The van der Waals surface area contributed by atoms with E-state index in [-0.39, 0.29) is 28.8 Å². The molecule has 0 N–H and O–H groups in total. The van der Waals surface area contributed by atoms with Crippen LogP contribution in [0.2, 0.25) is 0 Å². The Morgan fingerprint density at radius 1 is 0.630 bits per heavy atom. The van der Waals surface area contributed by atoms with Crippen molar-refractivity contribution in [3.05, 3.63) is 0 Å². The van der Waals surface area contributed by atoms with Gasteiger partial charge in [-0.15, -0.1) is 0 Å². The molecule has 2 fully saturated rings. The molecule has 0 atom stereocenters. The van der Waals surface area contributed by atoms with Crippen LogP contribution in [0.5, 0.6) is 0 Å². The molecule has 2 rings (SSSR count). The van der Waals surface area contributed by atoms with Crippen molar-refractivity contribution >= 4 is 5.97 Å². The van der Waals surface area contributed by atoms with E-state index in [1.807, 2.05) is 0 Å². The van der Waals surface area contributed by atoms with E-state index < -0.39 is 0 Å². The summed E-state index contributed by atoms with van der Waals surface area (Å²) in [6.07, 6.45) is 34.5. The normalized spacial score (nSPS) is 19.5. The molecular formula is C41H79NO4. The third-order valence-corrected chi connectivity index (χ3v) is 10.4. The molecule has 0 aromatic rings. The molecule has 0 amide bonds. The minimum atomic E-state index is -0.330. The highest BCUT2D eigenvalue weighted by Crippen LogP contribution is 2.40. The molecular weight excluding hydrogens is 570 g/mol. The van der Waals surface area contributed by atoms with Gasteiger partial charge in [0.1, 0.15) is 6.10 Å². The number of carbonyl (C=O) groups is 1. The fourth-order valence-corrected chi connectivity index (χ4v) is 8.09. The molecule has 0 unspecified atom stereocenters. The number of unbranched alkanes of at least 4 members (excludes halogenated alkanes) is 18. The van der Waals surface area contributed by atoms with E-state index in [9.17, 15) is 4.79 Å². The number of ether oxygens (including phenoxy) is 2. The summed E-state index contributed by atoms with van der Waals surface area (Å²) < 4.78 is 12.5. The van der Waals surface area contributed by atoms with E-state index in [4.69, 9.17) is 14.3 Å². The maximum absolute atomic E-state index is 12.8. The second-order valence-corrected chi connectivity index (χ2v) is 17.0. The van der Waals surface area contributed by atoms with E-state index in [0.717, 1.165) is 38.5 Å². The van der Waals surface area contributed by atoms with Gasteiger partial charge in [-0.1, -0.05) is 142 Å². The molecule has 1 aliphatic carbocycles. The number of hydroxylamine groups is 2. The maximum atomic E-state index is 12.8. The quantitative estimate of drug-likeness (QED) is 0.0689. The summed E-state index contributed by atoms with van der Waals surface area (Å²) in [4.78, 5) is 19.3. The van der Waals surface area contributed by atoms with Crippen LogP contribution < -0.4 is 0 Å². The van der Waals surface area contributed by atoms with Crippen LogP contribution in [-0.4, -0.2) is 46.5 Å². The van der Waals surface area contributed by atoms with Crippen molar-refractivity contribution in [1.82, 2.24) is 5.06 Å². The largest absolute Gasteiger partial charge is 0.462 e. The lowest BCUT2D eigenvalue weighted by Gasteiger charge is -2.53. The summed E-state index contributed by atoms with van der Waals surface area (Å²) in [6, 6.07) is 0. The highest BCUT2D eigenvalue weighted by Gasteiger charge is 2.48. The standard InChI is InChI=1S/C41H79NO4/c1-8-9-10-11-12-13-14-15-16-17-18-19-20-21-22-23-24-25-29-32-38(43)45-37-33-39(2,3)42(40(4,5)34-37)44-35-41(6,7)46-36-30-27-26-28-31-36/h36-37H,8-35H2,1-7H3. The number of hydrogen-bond donors (Lipinski definition) is 0. The minimum Gasteiger partial charge on any atom is -0.462 e. The van der Waals surface area contributed by atoms with Crippen LogP contribution in [0.1, 0.15) is 222 Å². The molecule has 1 aliphatic heterocycles. The second kappa shape index (κ2) is 22.9. The molecule has 46 heavy (non-hydrogen) atoms. The summed E-state index contributed by atoms with van der Waals surface area (Å²) in [5, 5.41) is 2.16. The molecule has 272 valence electrons. The van der Waals surface area contributed by atoms with E-state index in [1.165, 1.54) is 128 Å². The van der Waals surface area contributed by atoms with Gasteiger partial charge in [-0.05, 0) is 60.8 Å². The van der Waals surface area contributed by atoms with Gasteiger partial charge in [0.25, 0.3) is 0 Å². The van der Waals surface area contributed by atoms with Crippen molar-refractivity contribution in [3.8, 4) is 0 Å². The van der Waals surface area contributed by atoms with Crippen LogP contribution in [0.4, 0.5) is 0 Å². The highest BCUT2D eigenvalue weighted by molar-refractivity contribution is 5.69. The topological polar surface area (TPSA) is 48.0 Å². The van der Waals surface area contributed by atoms with E-state index in [1.54, 1.807) is 0 Å². The average Bonchev–Trinajstić information content (AvgIpc) is 2.97. The van der Waals surface area contributed by atoms with Crippen molar-refractivity contribution in [3.63, 3.8) is 0 Å². The molecule has 1 heterocycles. The molecule has 0 bridgehead atoms. The Bertz CT molecular complexity index is 754. The number of hydrogen-bond acceptors (Lipinski definition) is 5. The van der Waals surface area contributed by atoms with Gasteiger partial charge in [0, 0.05) is 30.3 Å². The molecule has 1 saturated carbocycles.